The van der Waals surface area contributed by atoms with Crippen molar-refractivity contribution < 1.29 is 4.79 Å². The maximum Gasteiger partial charge on any atom is 0.272 e. The number of likely N-dealkylation sites (tertiary alicyclic amines) is 2. The first-order valence-electron chi connectivity index (χ1n) is 12.2. The number of fused-ring (bicyclic) bond motifs is 1. The molecule has 2 aromatic rings. The van der Waals surface area contributed by atoms with Crippen LogP contribution in [0.1, 0.15) is 47.8 Å². The van der Waals surface area contributed by atoms with Gasteiger partial charge in [-0.3, -0.25) is 9.69 Å². The number of hydrogen-bond acceptors (Lipinski definition) is 6. The van der Waals surface area contributed by atoms with Gasteiger partial charge in [0.15, 0.2) is 0 Å². The molecule has 2 fully saturated rings. The van der Waals surface area contributed by atoms with E-state index in [1.807, 2.05) is 11.8 Å². The first kappa shape index (κ1) is 21.9. The molecule has 2 saturated heterocycles. The number of rotatable bonds is 5. The number of anilines is 1. The number of carbonyl (C=O) groups is 1. The van der Waals surface area contributed by atoms with Gasteiger partial charge in [0.2, 0.25) is 0 Å². The Balaban J connectivity index is 1.15. The Labute approximate surface area is 196 Å². The molecular formula is C26H34N6O. The third-order valence-electron chi connectivity index (χ3n) is 7.39. The van der Waals surface area contributed by atoms with Crippen LogP contribution in [0.15, 0.2) is 48.9 Å². The number of amides is 1. The highest BCUT2D eigenvalue weighted by Crippen LogP contribution is 2.25. The highest BCUT2D eigenvalue weighted by atomic mass is 16.2. The quantitative estimate of drug-likeness (QED) is 0.761. The van der Waals surface area contributed by atoms with Crippen molar-refractivity contribution in [3.8, 4) is 0 Å². The molecule has 0 aliphatic carbocycles. The number of aromatic nitrogens is 2. The van der Waals surface area contributed by atoms with Gasteiger partial charge in [-0.1, -0.05) is 30.8 Å². The summed E-state index contributed by atoms with van der Waals surface area (Å²) >= 11 is 0. The fraction of sp³-hybridized carbons (Fsp3) is 0.500. The number of piperidine rings is 1. The Morgan fingerprint density at radius 2 is 1.79 bits per heavy atom. The Hall–Kier alpha value is -2.93. The Morgan fingerprint density at radius 1 is 1.03 bits per heavy atom. The largest absolute Gasteiger partial charge is 0.373 e. The first-order valence-corrected chi connectivity index (χ1v) is 12.2. The first-order chi connectivity index (χ1) is 16.1. The predicted octanol–water partition coefficient (Wildman–Crippen LogP) is 3.16. The van der Waals surface area contributed by atoms with Crippen LogP contribution in [-0.2, 0) is 13.0 Å². The van der Waals surface area contributed by atoms with Crippen LogP contribution >= 0.6 is 0 Å². The third-order valence-corrected chi connectivity index (χ3v) is 7.39. The number of carbonyl (C=O) groups excluding carboxylic acids is 1. The molecule has 33 heavy (non-hydrogen) atoms. The lowest BCUT2D eigenvalue weighted by molar-refractivity contribution is 0.0594. The summed E-state index contributed by atoms with van der Waals surface area (Å²) in [4.78, 5) is 28.6. The van der Waals surface area contributed by atoms with Crippen molar-refractivity contribution >= 4 is 11.7 Å². The summed E-state index contributed by atoms with van der Waals surface area (Å²) in [6, 6.07) is 11.4. The Bertz CT molecular complexity index is 1020. The van der Waals surface area contributed by atoms with Gasteiger partial charge in [0.1, 0.15) is 17.8 Å². The Morgan fingerprint density at radius 3 is 2.55 bits per heavy atom. The van der Waals surface area contributed by atoms with Crippen molar-refractivity contribution in [1.29, 1.82) is 0 Å². The number of nitrogens with one attached hydrogen (secondary N) is 1. The minimum Gasteiger partial charge on any atom is -0.373 e. The van der Waals surface area contributed by atoms with E-state index in [1.165, 1.54) is 17.5 Å². The van der Waals surface area contributed by atoms with Crippen LogP contribution in [0.5, 0.6) is 0 Å². The molecule has 0 radical (unpaired) electrons. The van der Waals surface area contributed by atoms with E-state index in [9.17, 15) is 4.79 Å². The molecule has 5 rings (SSSR count). The lowest BCUT2D eigenvalue weighted by Gasteiger charge is -2.40. The molecule has 7 nitrogen and oxygen atoms in total. The van der Waals surface area contributed by atoms with Crippen molar-refractivity contribution in [3.05, 3.63) is 65.8 Å². The van der Waals surface area contributed by atoms with Crippen molar-refractivity contribution in [2.24, 2.45) is 0 Å². The average Bonchev–Trinajstić information content (AvgIpc) is 3.32. The summed E-state index contributed by atoms with van der Waals surface area (Å²) in [5, 5.41) is 3.47. The number of nitrogens with zero attached hydrogens (tertiary/aromatic N) is 5. The minimum absolute atomic E-state index is 0.0119. The van der Waals surface area contributed by atoms with Crippen LogP contribution in [0.4, 0.5) is 5.82 Å². The van der Waals surface area contributed by atoms with E-state index in [-0.39, 0.29) is 5.91 Å². The van der Waals surface area contributed by atoms with Crippen molar-refractivity contribution in [3.63, 3.8) is 0 Å². The fourth-order valence-corrected chi connectivity index (χ4v) is 5.41. The lowest BCUT2D eigenvalue weighted by Crippen LogP contribution is -2.48. The SMILES string of the molecule is C=C(C)N1CCC(Nc2cc(C(=O)N3CCC(N4CCc5ccccc5C4)CC3)ncn2)C1. The van der Waals surface area contributed by atoms with Crippen LogP contribution in [0.25, 0.3) is 0 Å². The summed E-state index contributed by atoms with van der Waals surface area (Å²) in [5.41, 5.74) is 4.51. The van der Waals surface area contributed by atoms with Crippen molar-refractivity contribution in [2.45, 2.75) is 51.2 Å². The maximum absolute atomic E-state index is 13.2. The highest BCUT2D eigenvalue weighted by Gasteiger charge is 2.30. The maximum atomic E-state index is 13.2. The molecule has 3 aliphatic heterocycles. The molecule has 0 bridgehead atoms. The summed E-state index contributed by atoms with van der Waals surface area (Å²) in [6.07, 6.45) is 5.69. The molecule has 7 heteroatoms. The molecule has 4 heterocycles. The highest BCUT2D eigenvalue weighted by molar-refractivity contribution is 5.93. The normalized spacial score (nSPS) is 21.7. The predicted molar refractivity (Wildman–Crippen MR) is 130 cm³/mol. The number of hydrogen-bond donors (Lipinski definition) is 1. The molecule has 0 saturated carbocycles. The zero-order chi connectivity index (χ0) is 22.8. The summed E-state index contributed by atoms with van der Waals surface area (Å²) in [6.45, 7) is 11.7. The van der Waals surface area contributed by atoms with Crippen LogP contribution in [0.3, 0.4) is 0 Å². The molecule has 1 aromatic heterocycles. The van der Waals surface area contributed by atoms with E-state index >= 15 is 0 Å². The van der Waals surface area contributed by atoms with E-state index in [2.05, 4.69) is 55.9 Å². The summed E-state index contributed by atoms with van der Waals surface area (Å²) in [7, 11) is 0. The van der Waals surface area contributed by atoms with Gasteiger partial charge in [-0.05, 0) is 43.7 Å². The van der Waals surface area contributed by atoms with E-state index in [0.29, 0.717) is 17.8 Å². The molecule has 174 valence electrons. The van der Waals surface area contributed by atoms with Crippen LogP contribution in [-0.4, -0.2) is 75.4 Å². The number of benzene rings is 1. The summed E-state index contributed by atoms with van der Waals surface area (Å²) < 4.78 is 0. The molecule has 3 aliphatic rings. The molecule has 1 atom stereocenters. The second-order valence-electron chi connectivity index (χ2n) is 9.61. The van der Waals surface area contributed by atoms with Crippen LogP contribution in [0, 0.1) is 0 Å². The van der Waals surface area contributed by atoms with E-state index in [0.717, 1.165) is 76.5 Å². The van der Waals surface area contributed by atoms with Crippen molar-refractivity contribution in [2.75, 3.05) is 38.0 Å². The van der Waals surface area contributed by atoms with E-state index in [4.69, 9.17) is 0 Å². The monoisotopic (exact) mass is 446 g/mol. The van der Waals surface area contributed by atoms with Gasteiger partial charge in [0.05, 0.1) is 0 Å². The second-order valence-corrected chi connectivity index (χ2v) is 9.61. The second kappa shape index (κ2) is 9.51. The zero-order valence-corrected chi connectivity index (χ0v) is 19.5. The van der Waals surface area contributed by atoms with Gasteiger partial charge >= 0.3 is 0 Å². The lowest BCUT2D eigenvalue weighted by atomic mass is 9.95. The van der Waals surface area contributed by atoms with Crippen LogP contribution in [0.2, 0.25) is 0 Å². The molecule has 1 aromatic carbocycles. The molecule has 1 N–H and O–H groups in total. The van der Waals surface area contributed by atoms with E-state index < -0.39 is 0 Å². The van der Waals surface area contributed by atoms with Crippen LogP contribution < -0.4 is 5.32 Å². The van der Waals surface area contributed by atoms with Gasteiger partial charge in [0, 0.05) is 63.1 Å². The third kappa shape index (κ3) is 4.88. The van der Waals surface area contributed by atoms with Gasteiger partial charge in [-0.15, -0.1) is 0 Å². The number of allylic oxidation sites excluding steroid dienone is 1. The van der Waals surface area contributed by atoms with Gasteiger partial charge < -0.3 is 15.1 Å². The molecular weight excluding hydrogens is 412 g/mol. The smallest absolute Gasteiger partial charge is 0.272 e. The Kier molecular flexibility index (Phi) is 6.31. The minimum atomic E-state index is 0.0119. The van der Waals surface area contributed by atoms with Gasteiger partial charge in [0.25, 0.3) is 5.91 Å². The van der Waals surface area contributed by atoms with E-state index in [1.54, 1.807) is 6.07 Å². The zero-order valence-electron chi connectivity index (χ0n) is 19.5. The van der Waals surface area contributed by atoms with Crippen molar-refractivity contribution in [1.82, 2.24) is 24.7 Å². The topological polar surface area (TPSA) is 64.6 Å². The average molecular weight is 447 g/mol. The standard InChI is InChI=1S/C26H34N6O/c1-19(2)31-12-8-22(17-31)29-25-15-24(27-18-28-25)26(33)30-13-9-23(10-14-30)32-11-7-20-5-3-4-6-21(20)16-32/h3-6,15,18,22-23H,1,7-14,16-17H2,2H3,(H,27,28,29). The van der Waals surface area contributed by atoms with Gasteiger partial charge in [-0.25, -0.2) is 9.97 Å². The molecule has 1 amide bonds. The summed E-state index contributed by atoms with van der Waals surface area (Å²) in [5.74, 6) is 0.738. The van der Waals surface area contributed by atoms with Gasteiger partial charge in [-0.2, -0.15) is 0 Å². The molecule has 0 spiro atoms. The molecule has 1 unspecified atom stereocenters. The fourth-order valence-electron chi connectivity index (χ4n) is 5.41.